The lowest BCUT2D eigenvalue weighted by Crippen LogP contribution is -2.03. The van der Waals surface area contributed by atoms with E-state index in [1.165, 1.54) is 7.11 Å². The van der Waals surface area contributed by atoms with Gasteiger partial charge in [0.25, 0.3) is 0 Å². The molecule has 7 nitrogen and oxygen atoms in total. The molecule has 0 saturated heterocycles. The first-order chi connectivity index (χ1) is 11.3. The van der Waals surface area contributed by atoms with Crippen molar-refractivity contribution in [2.75, 3.05) is 7.11 Å². The van der Waals surface area contributed by atoms with Crippen LogP contribution in [0.2, 0.25) is 0 Å². The lowest BCUT2D eigenvalue weighted by atomic mass is 10.1. The summed E-state index contributed by atoms with van der Waals surface area (Å²) in [6, 6.07) is 3.78. The van der Waals surface area contributed by atoms with Crippen LogP contribution in [0.15, 0.2) is 42.3 Å². The molecule has 0 saturated carbocycles. The minimum atomic E-state index is -0.455. The fraction of sp³-hybridized carbons (Fsp3) is 0.0667. The summed E-state index contributed by atoms with van der Waals surface area (Å²) in [5.74, 6) is -0.455. The van der Waals surface area contributed by atoms with Crippen molar-refractivity contribution >= 4 is 23.0 Å². The van der Waals surface area contributed by atoms with Gasteiger partial charge >= 0.3 is 5.97 Å². The van der Waals surface area contributed by atoms with Gasteiger partial charge in [-0.25, -0.2) is 14.8 Å². The van der Waals surface area contributed by atoms with Crippen LogP contribution < -0.4 is 0 Å². The summed E-state index contributed by atoms with van der Waals surface area (Å²) in [6.45, 7) is 0. The Morgan fingerprint density at radius 2 is 2.22 bits per heavy atom. The van der Waals surface area contributed by atoms with Gasteiger partial charge in [-0.1, -0.05) is 0 Å². The number of methoxy groups -OCH3 is 1. The van der Waals surface area contributed by atoms with Crippen LogP contribution in [-0.4, -0.2) is 37.6 Å². The van der Waals surface area contributed by atoms with Crippen molar-refractivity contribution in [2.24, 2.45) is 0 Å². The number of nitrogens with one attached hydrogen (secondary N) is 1. The molecule has 0 spiro atoms. The maximum absolute atomic E-state index is 11.8. The van der Waals surface area contributed by atoms with Crippen molar-refractivity contribution < 1.29 is 9.53 Å². The third-order valence-electron chi connectivity index (χ3n) is 3.50. The van der Waals surface area contributed by atoms with E-state index in [0.29, 0.717) is 11.3 Å². The number of imidazole rings is 1. The Balaban J connectivity index is 1.88. The highest BCUT2D eigenvalue weighted by molar-refractivity contribution is 7.13. The van der Waals surface area contributed by atoms with E-state index in [4.69, 9.17) is 4.74 Å². The van der Waals surface area contributed by atoms with Gasteiger partial charge in [0, 0.05) is 28.9 Å². The molecule has 4 aromatic rings. The number of esters is 1. The second-order valence-corrected chi connectivity index (χ2v) is 5.67. The molecular weight excluding hydrogens is 314 g/mol. The minimum Gasteiger partial charge on any atom is -0.464 e. The normalized spacial score (nSPS) is 11.0. The molecule has 4 aromatic heterocycles. The van der Waals surface area contributed by atoms with Gasteiger partial charge in [-0.3, -0.25) is 9.50 Å². The van der Waals surface area contributed by atoms with Crippen molar-refractivity contribution in [3.05, 3.63) is 48.0 Å². The van der Waals surface area contributed by atoms with E-state index in [1.807, 2.05) is 28.1 Å². The summed E-state index contributed by atoms with van der Waals surface area (Å²) in [7, 11) is 1.34. The predicted molar refractivity (Wildman–Crippen MR) is 85.2 cm³/mol. The van der Waals surface area contributed by atoms with E-state index < -0.39 is 5.97 Å². The standard InChI is InChI=1S/C15H11N5O2S/c1-22-15(21)13-10(6-18-19-13)9-2-3-12-17-7-11(20(12)8-9)14-16-4-5-23-14/h2-8H,1H3,(H,18,19). The number of H-pyrrole nitrogens is 1. The summed E-state index contributed by atoms with van der Waals surface area (Å²) in [5, 5.41) is 9.43. The van der Waals surface area contributed by atoms with Crippen molar-refractivity contribution in [2.45, 2.75) is 0 Å². The fourth-order valence-electron chi connectivity index (χ4n) is 2.41. The van der Waals surface area contributed by atoms with Crippen molar-refractivity contribution in [1.82, 2.24) is 24.6 Å². The number of aromatic amines is 1. The van der Waals surface area contributed by atoms with E-state index in [2.05, 4.69) is 20.2 Å². The Morgan fingerprint density at radius 1 is 1.30 bits per heavy atom. The number of hydrogen-bond acceptors (Lipinski definition) is 6. The minimum absolute atomic E-state index is 0.322. The molecule has 0 aromatic carbocycles. The number of carbonyl (C=O) groups is 1. The van der Waals surface area contributed by atoms with Crippen LogP contribution >= 0.6 is 11.3 Å². The van der Waals surface area contributed by atoms with Gasteiger partial charge in [-0.15, -0.1) is 11.3 Å². The highest BCUT2D eigenvalue weighted by Crippen LogP contribution is 2.27. The Bertz CT molecular complexity index is 987. The second-order valence-electron chi connectivity index (χ2n) is 4.78. The largest absolute Gasteiger partial charge is 0.464 e. The Kier molecular flexibility index (Phi) is 3.16. The number of rotatable bonds is 3. The summed E-state index contributed by atoms with van der Waals surface area (Å²) in [4.78, 5) is 20.5. The molecule has 0 unspecified atom stereocenters. The van der Waals surface area contributed by atoms with E-state index in [1.54, 1.807) is 29.9 Å². The molecule has 114 valence electrons. The zero-order chi connectivity index (χ0) is 15.8. The quantitative estimate of drug-likeness (QED) is 0.585. The lowest BCUT2D eigenvalue weighted by Gasteiger charge is -2.04. The molecule has 4 rings (SSSR count). The van der Waals surface area contributed by atoms with E-state index in [-0.39, 0.29) is 0 Å². The first-order valence-corrected chi connectivity index (χ1v) is 7.65. The third-order valence-corrected chi connectivity index (χ3v) is 4.29. The number of hydrogen-bond donors (Lipinski definition) is 1. The third kappa shape index (κ3) is 2.20. The SMILES string of the molecule is COC(=O)c1[nH]ncc1-c1ccc2ncc(-c3nccs3)n2c1. The molecule has 4 heterocycles. The van der Waals surface area contributed by atoms with Crippen LogP contribution in [0.3, 0.4) is 0 Å². The molecule has 0 fully saturated rings. The van der Waals surface area contributed by atoms with E-state index in [0.717, 1.165) is 21.9 Å². The van der Waals surface area contributed by atoms with Gasteiger partial charge in [-0.05, 0) is 12.1 Å². The summed E-state index contributed by atoms with van der Waals surface area (Å²) >= 11 is 1.55. The molecule has 0 aliphatic carbocycles. The molecule has 0 atom stereocenters. The average Bonchev–Trinajstić information content (AvgIpc) is 3.31. The van der Waals surface area contributed by atoms with Gasteiger partial charge in [0.1, 0.15) is 16.3 Å². The maximum atomic E-state index is 11.8. The molecule has 23 heavy (non-hydrogen) atoms. The zero-order valence-electron chi connectivity index (χ0n) is 12.1. The van der Waals surface area contributed by atoms with E-state index in [9.17, 15) is 4.79 Å². The number of aromatic nitrogens is 5. The van der Waals surface area contributed by atoms with Crippen LogP contribution in [0.4, 0.5) is 0 Å². The number of nitrogens with zero attached hydrogens (tertiary/aromatic N) is 4. The summed E-state index contributed by atoms with van der Waals surface area (Å²) in [6.07, 6.45) is 7.06. The van der Waals surface area contributed by atoms with Gasteiger partial charge in [0.05, 0.1) is 19.5 Å². The highest BCUT2D eigenvalue weighted by atomic mass is 32.1. The smallest absolute Gasteiger partial charge is 0.356 e. The van der Waals surface area contributed by atoms with Crippen LogP contribution in [0.25, 0.3) is 27.5 Å². The fourth-order valence-corrected chi connectivity index (χ4v) is 3.05. The topological polar surface area (TPSA) is 85.2 Å². The molecular formula is C15H11N5O2S. The Morgan fingerprint density at radius 3 is 3.00 bits per heavy atom. The predicted octanol–water partition coefficient (Wildman–Crippen LogP) is 2.63. The van der Waals surface area contributed by atoms with Gasteiger partial charge < -0.3 is 4.74 Å². The first kappa shape index (κ1) is 13.6. The molecule has 0 radical (unpaired) electrons. The Labute approximate surface area is 134 Å². The van der Waals surface area contributed by atoms with Crippen LogP contribution in [0.5, 0.6) is 0 Å². The molecule has 0 aliphatic rings. The van der Waals surface area contributed by atoms with E-state index >= 15 is 0 Å². The lowest BCUT2D eigenvalue weighted by molar-refractivity contribution is 0.0595. The molecule has 0 aliphatic heterocycles. The maximum Gasteiger partial charge on any atom is 0.356 e. The second kappa shape index (κ2) is 5.33. The molecule has 8 heteroatoms. The zero-order valence-corrected chi connectivity index (χ0v) is 12.9. The van der Waals surface area contributed by atoms with Gasteiger partial charge in [0.2, 0.25) is 0 Å². The number of pyridine rings is 1. The van der Waals surface area contributed by atoms with Crippen molar-refractivity contribution in [3.8, 4) is 21.8 Å². The van der Waals surface area contributed by atoms with Crippen LogP contribution in [0.1, 0.15) is 10.5 Å². The molecule has 0 bridgehead atoms. The Hall–Kier alpha value is -3.00. The number of ether oxygens (including phenoxy) is 1. The van der Waals surface area contributed by atoms with Gasteiger partial charge in [0.15, 0.2) is 5.69 Å². The first-order valence-electron chi connectivity index (χ1n) is 6.77. The number of thiazole rings is 1. The monoisotopic (exact) mass is 325 g/mol. The number of carbonyl (C=O) groups excluding carboxylic acids is 1. The summed E-state index contributed by atoms with van der Waals surface area (Å²) in [5.41, 5.74) is 3.55. The van der Waals surface area contributed by atoms with Crippen LogP contribution in [-0.2, 0) is 4.74 Å². The van der Waals surface area contributed by atoms with Crippen molar-refractivity contribution in [3.63, 3.8) is 0 Å². The average molecular weight is 325 g/mol. The highest BCUT2D eigenvalue weighted by Gasteiger charge is 2.17. The molecule has 0 amide bonds. The summed E-state index contributed by atoms with van der Waals surface area (Å²) < 4.78 is 6.72. The van der Waals surface area contributed by atoms with Crippen LogP contribution in [0, 0.1) is 0 Å². The molecule has 1 N–H and O–H groups in total. The van der Waals surface area contributed by atoms with Crippen molar-refractivity contribution in [1.29, 1.82) is 0 Å². The van der Waals surface area contributed by atoms with Gasteiger partial charge in [-0.2, -0.15) is 5.10 Å². The number of fused-ring (bicyclic) bond motifs is 1.